The molecular weight excluding hydrogens is 309 g/mol. The Balaban J connectivity index is 2.67. The molecule has 1 heterocycles. The quantitative estimate of drug-likeness (QED) is 0.546. The standard InChI is InChI=1S/C14H12IN/c1-9-7-8-11-10-5-3-4-6-12(10)16(2)14(11)13(9)15/h3-8H,1-2H3. The monoisotopic (exact) mass is 321 g/mol. The fourth-order valence-electron chi connectivity index (χ4n) is 2.33. The maximum absolute atomic E-state index is 2.44. The van der Waals surface area contributed by atoms with Gasteiger partial charge < -0.3 is 4.57 Å². The molecule has 0 fully saturated rings. The van der Waals surface area contributed by atoms with E-state index in [0.717, 1.165) is 0 Å². The first kappa shape index (κ1) is 10.1. The molecule has 0 atom stereocenters. The average molecular weight is 321 g/mol. The van der Waals surface area contributed by atoms with Crippen LogP contribution in [0.15, 0.2) is 36.4 Å². The van der Waals surface area contributed by atoms with E-state index in [1.54, 1.807) is 0 Å². The first-order valence-corrected chi connectivity index (χ1v) is 6.40. The third-order valence-corrected chi connectivity index (χ3v) is 4.56. The summed E-state index contributed by atoms with van der Waals surface area (Å²) in [5.41, 5.74) is 4.00. The highest BCUT2D eigenvalue weighted by Gasteiger charge is 2.10. The zero-order valence-corrected chi connectivity index (χ0v) is 11.4. The van der Waals surface area contributed by atoms with Crippen LogP contribution in [0.4, 0.5) is 0 Å². The van der Waals surface area contributed by atoms with Crippen LogP contribution in [0.3, 0.4) is 0 Å². The number of nitrogens with zero attached hydrogens (tertiary/aromatic N) is 1. The number of halogens is 1. The number of aromatic nitrogens is 1. The molecule has 0 saturated heterocycles. The van der Waals surface area contributed by atoms with E-state index < -0.39 is 0 Å². The fraction of sp³-hybridized carbons (Fsp3) is 0.143. The van der Waals surface area contributed by atoms with Gasteiger partial charge in [0.25, 0.3) is 0 Å². The molecule has 0 aliphatic rings. The van der Waals surface area contributed by atoms with Crippen LogP contribution < -0.4 is 0 Å². The summed E-state index contributed by atoms with van der Waals surface area (Å²) in [6.45, 7) is 2.17. The first-order valence-electron chi connectivity index (χ1n) is 5.32. The lowest BCUT2D eigenvalue weighted by Crippen LogP contribution is -1.90. The molecule has 1 nitrogen and oxygen atoms in total. The predicted octanol–water partition coefficient (Wildman–Crippen LogP) is 4.24. The maximum Gasteiger partial charge on any atom is 0.0627 e. The van der Waals surface area contributed by atoms with E-state index in [2.05, 4.69) is 77.5 Å². The number of hydrogen-bond acceptors (Lipinski definition) is 0. The molecule has 2 aromatic carbocycles. The molecule has 0 N–H and O–H groups in total. The fourth-order valence-corrected chi connectivity index (χ4v) is 3.16. The van der Waals surface area contributed by atoms with Gasteiger partial charge in [-0.05, 0) is 41.1 Å². The summed E-state index contributed by atoms with van der Waals surface area (Å²) in [5.74, 6) is 0. The van der Waals surface area contributed by atoms with Crippen LogP contribution >= 0.6 is 22.6 Å². The van der Waals surface area contributed by atoms with Crippen molar-refractivity contribution in [3.8, 4) is 0 Å². The Labute approximate surface area is 108 Å². The van der Waals surface area contributed by atoms with Gasteiger partial charge in [-0.2, -0.15) is 0 Å². The van der Waals surface area contributed by atoms with Crippen molar-refractivity contribution >= 4 is 44.4 Å². The molecule has 3 aromatic rings. The smallest absolute Gasteiger partial charge is 0.0627 e. The third kappa shape index (κ3) is 1.22. The van der Waals surface area contributed by atoms with E-state index >= 15 is 0 Å². The Morgan fingerprint density at radius 3 is 2.56 bits per heavy atom. The molecule has 0 spiro atoms. The number of fused-ring (bicyclic) bond motifs is 3. The predicted molar refractivity (Wildman–Crippen MR) is 77.9 cm³/mol. The zero-order chi connectivity index (χ0) is 11.3. The lowest BCUT2D eigenvalue weighted by molar-refractivity contribution is 1.01. The van der Waals surface area contributed by atoms with Gasteiger partial charge in [-0.25, -0.2) is 0 Å². The SMILES string of the molecule is Cc1ccc2c3ccccc3n(C)c2c1I. The molecule has 1 aromatic heterocycles. The molecule has 0 aliphatic carbocycles. The van der Waals surface area contributed by atoms with Gasteiger partial charge in [-0.1, -0.05) is 30.3 Å². The van der Waals surface area contributed by atoms with Crippen molar-refractivity contribution in [3.05, 3.63) is 45.5 Å². The summed E-state index contributed by atoms with van der Waals surface area (Å²) >= 11 is 2.44. The van der Waals surface area contributed by atoms with Crippen LogP contribution in [-0.4, -0.2) is 4.57 Å². The van der Waals surface area contributed by atoms with Crippen LogP contribution in [0.1, 0.15) is 5.56 Å². The highest BCUT2D eigenvalue weighted by atomic mass is 127. The average Bonchev–Trinajstić information content (AvgIpc) is 2.59. The van der Waals surface area contributed by atoms with Gasteiger partial charge in [0, 0.05) is 26.9 Å². The van der Waals surface area contributed by atoms with E-state index in [-0.39, 0.29) is 0 Å². The van der Waals surface area contributed by atoms with Crippen molar-refractivity contribution in [3.63, 3.8) is 0 Å². The number of para-hydroxylation sites is 1. The molecule has 0 bridgehead atoms. The summed E-state index contributed by atoms with van der Waals surface area (Å²) in [6.07, 6.45) is 0. The summed E-state index contributed by atoms with van der Waals surface area (Å²) in [4.78, 5) is 0. The van der Waals surface area contributed by atoms with Crippen molar-refractivity contribution in [1.82, 2.24) is 4.57 Å². The lowest BCUT2D eigenvalue weighted by atomic mass is 10.1. The van der Waals surface area contributed by atoms with Gasteiger partial charge in [0.2, 0.25) is 0 Å². The molecule has 0 aliphatic heterocycles. The van der Waals surface area contributed by atoms with Crippen molar-refractivity contribution in [2.24, 2.45) is 7.05 Å². The van der Waals surface area contributed by atoms with Crippen LogP contribution in [0.2, 0.25) is 0 Å². The Bertz CT molecular complexity index is 695. The number of aryl methyl sites for hydroxylation is 2. The van der Waals surface area contributed by atoms with Crippen molar-refractivity contribution in [2.75, 3.05) is 0 Å². The lowest BCUT2D eigenvalue weighted by Gasteiger charge is -2.03. The largest absolute Gasteiger partial charge is 0.343 e. The Hall–Kier alpha value is -1.03. The maximum atomic E-state index is 2.44. The topological polar surface area (TPSA) is 4.93 Å². The number of rotatable bonds is 0. The molecule has 0 saturated carbocycles. The minimum atomic E-state index is 1.31. The Kier molecular flexibility index (Phi) is 2.21. The summed E-state index contributed by atoms with van der Waals surface area (Å²) < 4.78 is 3.65. The molecule has 2 heteroatoms. The number of benzene rings is 2. The van der Waals surface area contributed by atoms with E-state index in [1.165, 1.54) is 30.9 Å². The normalized spacial score (nSPS) is 11.4. The van der Waals surface area contributed by atoms with Crippen molar-refractivity contribution in [1.29, 1.82) is 0 Å². The summed E-state index contributed by atoms with van der Waals surface area (Å²) in [7, 11) is 2.15. The molecule has 3 rings (SSSR count). The Morgan fingerprint density at radius 2 is 1.75 bits per heavy atom. The van der Waals surface area contributed by atoms with Gasteiger partial charge in [-0.3, -0.25) is 0 Å². The molecule has 0 unspecified atom stereocenters. The summed E-state index contributed by atoms with van der Waals surface area (Å²) in [6, 6.07) is 13.0. The second-order valence-corrected chi connectivity index (χ2v) is 5.25. The van der Waals surface area contributed by atoms with Crippen LogP contribution in [0.25, 0.3) is 21.8 Å². The molecular formula is C14H12IN. The minimum Gasteiger partial charge on any atom is -0.343 e. The van der Waals surface area contributed by atoms with Gasteiger partial charge in [0.1, 0.15) is 0 Å². The second-order valence-electron chi connectivity index (χ2n) is 4.17. The molecule has 80 valence electrons. The third-order valence-electron chi connectivity index (χ3n) is 3.20. The van der Waals surface area contributed by atoms with E-state index in [4.69, 9.17) is 0 Å². The zero-order valence-electron chi connectivity index (χ0n) is 9.29. The minimum absolute atomic E-state index is 1.31. The van der Waals surface area contributed by atoms with Gasteiger partial charge in [-0.15, -0.1) is 0 Å². The van der Waals surface area contributed by atoms with Gasteiger partial charge in [0.15, 0.2) is 0 Å². The van der Waals surface area contributed by atoms with E-state index in [1.807, 2.05) is 0 Å². The highest BCUT2D eigenvalue weighted by molar-refractivity contribution is 14.1. The second kappa shape index (κ2) is 3.48. The van der Waals surface area contributed by atoms with Gasteiger partial charge >= 0.3 is 0 Å². The van der Waals surface area contributed by atoms with Crippen molar-refractivity contribution < 1.29 is 0 Å². The summed E-state index contributed by atoms with van der Waals surface area (Å²) in [5, 5.41) is 2.70. The van der Waals surface area contributed by atoms with Crippen molar-refractivity contribution in [2.45, 2.75) is 6.92 Å². The first-order chi connectivity index (χ1) is 7.70. The van der Waals surface area contributed by atoms with Crippen LogP contribution in [0.5, 0.6) is 0 Å². The van der Waals surface area contributed by atoms with Gasteiger partial charge in [0.05, 0.1) is 5.52 Å². The number of hydrogen-bond donors (Lipinski definition) is 0. The van der Waals surface area contributed by atoms with E-state index in [9.17, 15) is 0 Å². The molecule has 0 amide bonds. The van der Waals surface area contributed by atoms with Crippen LogP contribution in [-0.2, 0) is 7.05 Å². The highest BCUT2D eigenvalue weighted by Crippen LogP contribution is 2.32. The van der Waals surface area contributed by atoms with E-state index in [0.29, 0.717) is 0 Å². The molecule has 16 heavy (non-hydrogen) atoms. The molecule has 0 radical (unpaired) electrons. The Morgan fingerprint density at radius 1 is 1.00 bits per heavy atom. The van der Waals surface area contributed by atoms with Crippen LogP contribution in [0, 0.1) is 10.5 Å².